The summed E-state index contributed by atoms with van der Waals surface area (Å²) in [6.45, 7) is 4.40. The zero-order valence-electron chi connectivity index (χ0n) is 22.4. The number of ether oxygens (including phenoxy) is 3. The lowest BCUT2D eigenvalue weighted by Gasteiger charge is -2.19. The first-order valence-corrected chi connectivity index (χ1v) is 12.8. The Balaban J connectivity index is 1.43. The lowest BCUT2D eigenvalue weighted by Crippen LogP contribution is -2.22. The molecule has 2 aliphatic rings. The van der Waals surface area contributed by atoms with Gasteiger partial charge in [0.2, 0.25) is 0 Å². The number of hydrogen-bond acceptors (Lipinski definition) is 5. The number of halogens is 1. The van der Waals surface area contributed by atoms with Crippen molar-refractivity contribution in [1.82, 2.24) is 4.90 Å². The monoisotopic (exact) mass is 517 g/mol. The fraction of sp³-hybridized carbons (Fsp3) is 0.355. The van der Waals surface area contributed by atoms with Crippen LogP contribution in [-0.4, -0.2) is 44.6 Å². The molecule has 2 atom stereocenters. The topological polar surface area (TPSA) is 65.1 Å². The van der Waals surface area contributed by atoms with E-state index >= 15 is 4.39 Å². The summed E-state index contributed by atoms with van der Waals surface area (Å²) in [6, 6.07) is 12.7. The minimum Gasteiger partial charge on any atom is -0.492 e. The van der Waals surface area contributed by atoms with E-state index in [9.17, 15) is 9.59 Å². The van der Waals surface area contributed by atoms with Crippen molar-refractivity contribution in [3.63, 3.8) is 0 Å². The number of benzene rings is 3. The first-order chi connectivity index (χ1) is 18.2. The molecule has 5 rings (SSSR count). The van der Waals surface area contributed by atoms with Gasteiger partial charge in [0.05, 0.1) is 20.1 Å². The van der Waals surface area contributed by atoms with Crippen molar-refractivity contribution >= 4 is 11.9 Å². The normalized spacial score (nSPS) is 17.4. The molecule has 0 fully saturated rings. The van der Waals surface area contributed by atoms with Gasteiger partial charge in [-0.15, -0.1) is 0 Å². The molecule has 3 aromatic carbocycles. The van der Waals surface area contributed by atoms with Crippen LogP contribution in [-0.2, 0) is 16.0 Å². The summed E-state index contributed by atoms with van der Waals surface area (Å²) in [5, 5.41) is 0. The Bertz CT molecular complexity index is 1410. The van der Waals surface area contributed by atoms with E-state index in [2.05, 4.69) is 0 Å². The van der Waals surface area contributed by atoms with Crippen LogP contribution in [0.3, 0.4) is 0 Å². The lowest BCUT2D eigenvalue weighted by molar-refractivity contribution is -0.141. The predicted molar refractivity (Wildman–Crippen MR) is 142 cm³/mol. The molecule has 1 heterocycles. The van der Waals surface area contributed by atoms with Crippen molar-refractivity contribution in [3.8, 4) is 22.6 Å². The fourth-order valence-electron chi connectivity index (χ4n) is 5.74. The number of hydrogen-bond donors (Lipinski definition) is 0. The zero-order valence-corrected chi connectivity index (χ0v) is 22.4. The van der Waals surface area contributed by atoms with Crippen LogP contribution in [0.1, 0.15) is 63.0 Å². The molecule has 0 saturated carbocycles. The number of fused-ring (bicyclic) bond motifs is 2. The second-order valence-corrected chi connectivity index (χ2v) is 10.3. The number of esters is 1. The maximum Gasteiger partial charge on any atom is 0.306 e. The van der Waals surface area contributed by atoms with Crippen molar-refractivity contribution in [2.75, 3.05) is 27.8 Å². The number of carbonyl (C=O) groups is 2. The van der Waals surface area contributed by atoms with Gasteiger partial charge in [0.25, 0.3) is 5.91 Å². The Hall–Kier alpha value is -3.87. The average Bonchev–Trinajstić information content (AvgIpc) is 3.49. The van der Waals surface area contributed by atoms with Crippen LogP contribution in [0, 0.1) is 19.7 Å². The lowest BCUT2D eigenvalue weighted by atomic mass is 9.89. The average molecular weight is 518 g/mol. The van der Waals surface area contributed by atoms with Gasteiger partial charge in [-0.25, -0.2) is 4.39 Å². The van der Waals surface area contributed by atoms with Crippen LogP contribution in [0.25, 0.3) is 11.1 Å². The van der Waals surface area contributed by atoms with E-state index in [1.165, 1.54) is 13.2 Å². The molecule has 1 aliphatic carbocycles. The standard InChI is InChI=1S/C31H32FNO5/c1-17-12-19(31(35)33(3)4)13-18(2)29(17)23-8-10-25(32)30-24(23)9-11-26(30)38-21-6-7-22-20(14-28(34)36-5)16-37-27(22)15-21/h6-8,10,12-13,15,20,26H,9,11,14,16H2,1-5H3/t20?,26-/m1/s1. The molecular weight excluding hydrogens is 485 g/mol. The summed E-state index contributed by atoms with van der Waals surface area (Å²) in [5.41, 5.74) is 7.08. The summed E-state index contributed by atoms with van der Waals surface area (Å²) < 4.78 is 32.1. The van der Waals surface area contributed by atoms with Gasteiger partial charge in [0.15, 0.2) is 0 Å². The minimum absolute atomic E-state index is 0.0458. The number of rotatable bonds is 6. The predicted octanol–water partition coefficient (Wildman–Crippen LogP) is 5.92. The Morgan fingerprint density at radius 2 is 1.82 bits per heavy atom. The Morgan fingerprint density at radius 1 is 1.08 bits per heavy atom. The summed E-state index contributed by atoms with van der Waals surface area (Å²) in [4.78, 5) is 25.8. The SMILES string of the molecule is COC(=O)CC1COc2cc(O[C@@H]3CCc4c(-c5c(C)cc(C(=O)N(C)C)cc5C)ccc(F)c43)ccc21. The highest BCUT2D eigenvalue weighted by Gasteiger charge is 2.32. The Labute approximate surface area is 222 Å². The number of carbonyl (C=O) groups excluding carboxylic acids is 2. The van der Waals surface area contributed by atoms with E-state index in [0.29, 0.717) is 42.1 Å². The maximum atomic E-state index is 15.2. The van der Waals surface area contributed by atoms with Crippen LogP contribution in [0.5, 0.6) is 11.5 Å². The molecule has 0 saturated heterocycles. The van der Waals surface area contributed by atoms with Crippen molar-refractivity contribution in [1.29, 1.82) is 0 Å². The molecule has 1 unspecified atom stereocenters. The third-order valence-corrected chi connectivity index (χ3v) is 7.52. The molecule has 0 bridgehead atoms. The van der Waals surface area contributed by atoms with Crippen molar-refractivity contribution in [2.24, 2.45) is 0 Å². The van der Waals surface area contributed by atoms with Gasteiger partial charge in [-0.1, -0.05) is 12.1 Å². The highest BCUT2D eigenvalue weighted by atomic mass is 19.1. The number of aryl methyl sites for hydroxylation is 2. The fourth-order valence-corrected chi connectivity index (χ4v) is 5.74. The second-order valence-electron chi connectivity index (χ2n) is 10.3. The molecule has 0 spiro atoms. The van der Waals surface area contributed by atoms with Gasteiger partial charge < -0.3 is 19.1 Å². The molecule has 0 radical (unpaired) electrons. The van der Waals surface area contributed by atoms with E-state index < -0.39 is 6.10 Å². The van der Waals surface area contributed by atoms with Crippen LogP contribution in [0.2, 0.25) is 0 Å². The molecule has 6 nitrogen and oxygen atoms in total. The minimum atomic E-state index is -0.425. The third-order valence-electron chi connectivity index (χ3n) is 7.52. The van der Waals surface area contributed by atoms with Gasteiger partial charge in [-0.05, 0) is 78.8 Å². The van der Waals surface area contributed by atoms with Crippen molar-refractivity contribution in [3.05, 3.63) is 81.7 Å². The van der Waals surface area contributed by atoms with Gasteiger partial charge in [-0.2, -0.15) is 0 Å². The van der Waals surface area contributed by atoms with E-state index in [1.54, 1.807) is 19.0 Å². The largest absolute Gasteiger partial charge is 0.492 e. The smallest absolute Gasteiger partial charge is 0.306 e. The Kier molecular flexibility index (Phi) is 6.86. The van der Waals surface area contributed by atoms with Crippen LogP contribution < -0.4 is 9.47 Å². The first kappa shape index (κ1) is 25.8. The number of nitrogens with zero attached hydrogens (tertiary/aromatic N) is 1. The molecule has 7 heteroatoms. The highest BCUT2D eigenvalue weighted by molar-refractivity contribution is 5.95. The third kappa shape index (κ3) is 4.62. The summed E-state index contributed by atoms with van der Waals surface area (Å²) in [6.07, 6.45) is 1.18. The van der Waals surface area contributed by atoms with E-state index in [4.69, 9.17) is 14.2 Å². The van der Waals surface area contributed by atoms with E-state index in [1.807, 2.05) is 50.2 Å². The maximum absolute atomic E-state index is 15.2. The number of amides is 1. The molecule has 38 heavy (non-hydrogen) atoms. The van der Waals surface area contributed by atoms with Crippen molar-refractivity contribution < 1.29 is 28.2 Å². The second kappa shape index (κ2) is 10.1. The van der Waals surface area contributed by atoms with Crippen LogP contribution in [0.4, 0.5) is 4.39 Å². The highest BCUT2D eigenvalue weighted by Crippen LogP contribution is 2.45. The van der Waals surface area contributed by atoms with Gasteiger partial charge >= 0.3 is 5.97 Å². The molecule has 1 aliphatic heterocycles. The zero-order chi connectivity index (χ0) is 27.1. The van der Waals surface area contributed by atoms with Gasteiger partial charge in [0, 0.05) is 42.8 Å². The van der Waals surface area contributed by atoms with E-state index in [-0.39, 0.29) is 30.0 Å². The molecular formula is C31H32FNO5. The molecule has 1 amide bonds. The summed E-state index contributed by atoms with van der Waals surface area (Å²) in [7, 11) is 4.85. The number of methoxy groups -OCH3 is 1. The molecule has 3 aromatic rings. The van der Waals surface area contributed by atoms with Crippen molar-refractivity contribution in [2.45, 2.75) is 45.1 Å². The summed E-state index contributed by atoms with van der Waals surface area (Å²) in [5.74, 6) is 0.633. The molecule has 198 valence electrons. The van der Waals surface area contributed by atoms with Gasteiger partial charge in [-0.3, -0.25) is 9.59 Å². The molecule has 0 aromatic heterocycles. The summed E-state index contributed by atoms with van der Waals surface area (Å²) >= 11 is 0. The quantitative estimate of drug-likeness (QED) is 0.380. The van der Waals surface area contributed by atoms with Gasteiger partial charge in [0.1, 0.15) is 23.4 Å². The molecule has 0 N–H and O–H groups in total. The van der Waals surface area contributed by atoms with Crippen LogP contribution in [0.15, 0.2) is 42.5 Å². The van der Waals surface area contributed by atoms with Crippen LogP contribution >= 0.6 is 0 Å². The Morgan fingerprint density at radius 3 is 2.50 bits per heavy atom. The van der Waals surface area contributed by atoms with E-state index in [0.717, 1.165) is 33.4 Å². The first-order valence-electron chi connectivity index (χ1n) is 12.8.